The SMILES string of the molecule is NCC(CO)c1cccc(F)c1. The van der Waals surface area contributed by atoms with Gasteiger partial charge in [0.25, 0.3) is 0 Å². The summed E-state index contributed by atoms with van der Waals surface area (Å²) in [5.41, 5.74) is 6.13. The van der Waals surface area contributed by atoms with Gasteiger partial charge >= 0.3 is 0 Å². The van der Waals surface area contributed by atoms with Crippen LogP contribution in [0.2, 0.25) is 0 Å². The summed E-state index contributed by atoms with van der Waals surface area (Å²) < 4.78 is 12.7. The molecule has 2 nitrogen and oxygen atoms in total. The third kappa shape index (κ3) is 2.03. The molecule has 1 rings (SSSR count). The molecule has 0 aliphatic carbocycles. The molecule has 0 saturated heterocycles. The van der Waals surface area contributed by atoms with Gasteiger partial charge in [0.2, 0.25) is 0 Å². The maximum absolute atomic E-state index is 12.7. The molecule has 0 aliphatic rings. The predicted octanol–water partition coefficient (Wildman–Crippen LogP) is 0.860. The number of rotatable bonds is 3. The van der Waals surface area contributed by atoms with Gasteiger partial charge in [0, 0.05) is 12.5 Å². The molecule has 0 aromatic heterocycles. The van der Waals surface area contributed by atoms with Crippen molar-refractivity contribution in [1.29, 1.82) is 0 Å². The Morgan fingerprint density at radius 1 is 1.50 bits per heavy atom. The fourth-order valence-corrected chi connectivity index (χ4v) is 1.08. The Bertz CT molecular complexity index is 248. The van der Waals surface area contributed by atoms with E-state index < -0.39 is 0 Å². The van der Waals surface area contributed by atoms with Gasteiger partial charge in [-0.05, 0) is 17.7 Å². The van der Waals surface area contributed by atoms with E-state index in [-0.39, 0.29) is 18.3 Å². The molecule has 66 valence electrons. The van der Waals surface area contributed by atoms with E-state index in [0.717, 1.165) is 5.56 Å². The Hall–Kier alpha value is -0.930. The molecule has 0 aliphatic heterocycles. The van der Waals surface area contributed by atoms with E-state index in [2.05, 4.69) is 0 Å². The molecule has 3 heteroatoms. The van der Waals surface area contributed by atoms with Crippen molar-refractivity contribution in [3.63, 3.8) is 0 Å². The average molecular weight is 169 g/mol. The molecule has 0 spiro atoms. The Labute approximate surface area is 70.8 Å². The van der Waals surface area contributed by atoms with Gasteiger partial charge in [-0.25, -0.2) is 4.39 Å². The van der Waals surface area contributed by atoms with Crippen molar-refractivity contribution >= 4 is 0 Å². The standard InChI is InChI=1S/C9H12FNO/c10-9-3-1-2-7(4-9)8(5-11)6-12/h1-4,8,12H,5-6,11H2. The van der Waals surface area contributed by atoms with Crippen LogP contribution in [0.3, 0.4) is 0 Å². The summed E-state index contributed by atoms with van der Waals surface area (Å²) in [5, 5.41) is 8.87. The molecular formula is C9H12FNO. The van der Waals surface area contributed by atoms with Gasteiger partial charge in [-0.3, -0.25) is 0 Å². The minimum Gasteiger partial charge on any atom is -0.396 e. The van der Waals surface area contributed by atoms with Crippen molar-refractivity contribution in [3.05, 3.63) is 35.6 Å². The fourth-order valence-electron chi connectivity index (χ4n) is 1.08. The van der Waals surface area contributed by atoms with Crippen molar-refractivity contribution in [2.45, 2.75) is 5.92 Å². The first-order valence-corrected chi connectivity index (χ1v) is 3.84. The van der Waals surface area contributed by atoms with E-state index >= 15 is 0 Å². The third-order valence-electron chi connectivity index (χ3n) is 1.82. The normalized spacial score (nSPS) is 12.9. The van der Waals surface area contributed by atoms with E-state index in [4.69, 9.17) is 10.8 Å². The lowest BCUT2D eigenvalue weighted by Gasteiger charge is -2.10. The summed E-state index contributed by atoms with van der Waals surface area (Å²) in [4.78, 5) is 0. The first-order chi connectivity index (χ1) is 5.77. The Balaban J connectivity index is 2.85. The quantitative estimate of drug-likeness (QED) is 0.705. The molecule has 0 bridgehead atoms. The summed E-state index contributed by atoms with van der Waals surface area (Å²) in [5.74, 6) is -0.444. The molecule has 1 atom stereocenters. The van der Waals surface area contributed by atoms with Crippen molar-refractivity contribution in [1.82, 2.24) is 0 Å². The van der Waals surface area contributed by atoms with E-state index in [1.54, 1.807) is 12.1 Å². The monoisotopic (exact) mass is 169 g/mol. The molecule has 0 heterocycles. The van der Waals surface area contributed by atoms with E-state index in [0.29, 0.717) is 6.54 Å². The van der Waals surface area contributed by atoms with Crippen molar-refractivity contribution in [2.24, 2.45) is 5.73 Å². The van der Waals surface area contributed by atoms with Crippen LogP contribution in [0.5, 0.6) is 0 Å². The van der Waals surface area contributed by atoms with Gasteiger partial charge in [-0.2, -0.15) is 0 Å². The summed E-state index contributed by atoms with van der Waals surface area (Å²) >= 11 is 0. The van der Waals surface area contributed by atoms with Crippen LogP contribution in [-0.2, 0) is 0 Å². The van der Waals surface area contributed by atoms with E-state index in [1.807, 2.05) is 0 Å². The second-order valence-corrected chi connectivity index (χ2v) is 2.67. The van der Waals surface area contributed by atoms with Crippen LogP contribution in [0.4, 0.5) is 4.39 Å². The number of aliphatic hydroxyl groups is 1. The van der Waals surface area contributed by atoms with Crippen LogP contribution in [-0.4, -0.2) is 18.3 Å². The number of nitrogens with two attached hydrogens (primary N) is 1. The number of hydrogen-bond acceptors (Lipinski definition) is 2. The topological polar surface area (TPSA) is 46.2 Å². The molecule has 0 amide bonds. The highest BCUT2D eigenvalue weighted by Crippen LogP contribution is 2.14. The molecular weight excluding hydrogens is 157 g/mol. The van der Waals surface area contributed by atoms with Crippen LogP contribution in [0, 0.1) is 5.82 Å². The highest BCUT2D eigenvalue weighted by molar-refractivity contribution is 5.20. The largest absolute Gasteiger partial charge is 0.396 e. The minimum absolute atomic E-state index is 0.0417. The van der Waals surface area contributed by atoms with Crippen molar-refractivity contribution < 1.29 is 9.50 Å². The molecule has 1 unspecified atom stereocenters. The lowest BCUT2D eigenvalue weighted by Crippen LogP contribution is -2.15. The zero-order valence-corrected chi connectivity index (χ0v) is 6.70. The van der Waals surface area contributed by atoms with E-state index in [9.17, 15) is 4.39 Å². The summed E-state index contributed by atoms with van der Waals surface area (Å²) in [6.45, 7) is 0.292. The number of halogens is 1. The average Bonchev–Trinajstić information content (AvgIpc) is 2.07. The van der Waals surface area contributed by atoms with E-state index in [1.165, 1.54) is 12.1 Å². The lowest BCUT2D eigenvalue weighted by molar-refractivity contribution is 0.267. The first kappa shape index (κ1) is 9.16. The number of hydrogen-bond donors (Lipinski definition) is 2. The van der Waals surface area contributed by atoms with Crippen LogP contribution < -0.4 is 5.73 Å². The number of benzene rings is 1. The minimum atomic E-state index is -0.292. The molecule has 1 aromatic carbocycles. The van der Waals surface area contributed by atoms with Gasteiger partial charge in [0.1, 0.15) is 5.82 Å². The van der Waals surface area contributed by atoms with Gasteiger partial charge in [-0.1, -0.05) is 12.1 Å². The summed E-state index contributed by atoms with van der Waals surface area (Å²) in [7, 11) is 0. The lowest BCUT2D eigenvalue weighted by atomic mass is 10.0. The zero-order valence-electron chi connectivity index (χ0n) is 6.70. The molecule has 3 N–H and O–H groups in total. The highest BCUT2D eigenvalue weighted by atomic mass is 19.1. The Morgan fingerprint density at radius 3 is 2.75 bits per heavy atom. The van der Waals surface area contributed by atoms with Crippen LogP contribution in [0.15, 0.2) is 24.3 Å². The smallest absolute Gasteiger partial charge is 0.123 e. The highest BCUT2D eigenvalue weighted by Gasteiger charge is 2.07. The molecule has 12 heavy (non-hydrogen) atoms. The predicted molar refractivity (Wildman–Crippen MR) is 45.3 cm³/mol. The fraction of sp³-hybridized carbons (Fsp3) is 0.333. The molecule has 0 radical (unpaired) electrons. The van der Waals surface area contributed by atoms with Gasteiger partial charge in [0.05, 0.1) is 6.61 Å². The molecule has 0 fully saturated rings. The van der Waals surface area contributed by atoms with Crippen LogP contribution in [0.25, 0.3) is 0 Å². The van der Waals surface area contributed by atoms with Gasteiger partial charge in [-0.15, -0.1) is 0 Å². The maximum Gasteiger partial charge on any atom is 0.123 e. The summed E-state index contributed by atoms with van der Waals surface area (Å²) in [6, 6.07) is 6.14. The van der Waals surface area contributed by atoms with Crippen LogP contribution in [0.1, 0.15) is 11.5 Å². The van der Waals surface area contributed by atoms with Crippen LogP contribution >= 0.6 is 0 Å². The van der Waals surface area contributed by atoms with Gasteiger partial charge in [0.15, 0.2) is 0 Å². The Morgan fingerprint density at radius 2 is 2.25 bits per heavy atom. The second-order valence-electron chi connectivity index (χ2n) is 2.67. The maximum atomic E-state index is 12.7. The third-order valence-corrected chi connectivity index (χ3v) is 1.82. The zero-order chi connectivity index (χ0) is 8.97. The Kier molecular flexibility index (Phi) is 3.19. The summed E-state index contributed by atoms with van der Waals surface area (Å²) in [6.07, 6.45) is 0. The molecule has 0 saturated carbocycles. The molecule has 1 aromatic rings. The van der Waals surface area contributed by atoms with Gasteiger partial charge < -0.3 is 10.8 Å². The number of aliphatic hydroxyl groups excluding tert-OH is 1. The van der Waals surface area contributed by atoms with Crippen molar-refractivity contribution in [2.75, 3.05) is 13.2 Å². The van der Waals surface area contributed by atoms with Crippen molar-refractivity contribution in [3.8, 4) is 0 Å². The first-order valence-electron chi connectivity index (χ1n) is 3.84. The second kappa shape index (κ2) is 4.18.